The van der Waals surface area contributed by atoms with E-state index in [0.29, 0.717) is 12.5 Å². The summed E-state index contributed by atoms with van der Waals surface area (Å²) in [6.45, 7) is 0.300. The molecule has 1 saturated carbocycles. The zero-order valence-electron chi connectivity index (χ0n) is 13.0. The quantitative estimate of drug-likeness (QED) is 0.847. The van der Waals surface area contributed by atoms with Gasteiger partial charge in [0.1, 0.15) is 0 Å². The number of nitrogens with one attached hydrogen (secondary N) is 2. The van der Waals surface area contributed by atoms with Gasteiger partial charge in [-0.25, -0.2) is 4.79 Å². The van der Waals surface area contributed by atoms with Crippen LogP contribution in [0.5, 0.6) is 0 Å². The summed E-state index contributed by atoms with van der Waals surface area (Å²) in [5, 5.41) is 5.63. The molecule has 0 aromatic heterocycles. The summed E-state index contributed by atoms with van der Waals surface area (Å²) >= 11 is 0. The minimum absolute atomic E-state index is 0.0126. The van der Waals surface area contributed by atoms with Gasteiger partial charge in [-0.1, -0.05) is 36.8 Å². The number of ether oxygens (including phenoxy) is 1. The summed E-state index contributed by atoms with van der Waals surface area (Å²) in [5.74, 6) is 0.487. The molecule has 2 amide bonds. The fourth-order valence-electron chi connectivity index (χ4n) is 3.02. The number of amides is 2. The van der Waals surface area contributed by atoms with Crippen molar-refractivity contribution in [1.29, 1.82) is 0 Å². The molecule has 1 aliphatic rings. The molecule has 1 fully saturated rings. The number of carbonyl (C=O) groups excluding carboxylic acids is 2. The van der Waals surface area contributed by atoms with Crippen molar-refractivity contribution in [2.45, 2.75) is 38.1 Å². The fraction of sp³-hybridized carbons (Fsp3) is 0.529. The lowest BCUT2D eigenvalue weighted by Gasteiger charge is -2.21. The van der Waals surface area contributed by atoms with Gasteiger partial charge in [0.25, 0.3) is 0 Å². The van der Waals surface area contributed by atoms with E-state index in [1.165, 1.54) is 12.7 Å². The molecular weight excluding hydrogens is 280 g/mol. The van der Waals surface area contributed by atoms with Crippen molar-refractivity contribution >= 4 is 12.0 Å². The first-order valence-electron chi connectivity index (χ1n) is 7.84. The van der Waals surface area contributed by atoms with E-state index in [9.17, 15) is 9.59 Å². The molecule has 0 saturated heterocycles. The SMILES string of the molecule is COC(=O)NCCC(=O)N[C@H]1CCC[C@@H]1Cc1ccccc1. The number of rotatable bonds is 6. The third-order valence-corrected chi connectivity index (χ3v) is 4.15. The minimum atomic E-state index is -0.504. The van der Waals surface area contributed by atoms with Crippen molar-refractivity contribution in [2.75, 3.05) is 13.7 Å². The number of hydrogen-bond acceptors (Lipinski definition) is 3. The monoisotopic (exact) mass is 304 g/mol. The lowest BCUT2D eigenvalue weighted by Crippen LogP contribution is -2.39. The smallest absolute Gasteiger partial charge is 0.406 e. The number of hydrogen-bond donors (Lipinski definition) is 2. The van der Waals surface area contributed by atoms with Gasteiger partial charge >= 0.3 is 6.09 Å². The van der Waals surface area contributed by atoms with Gasteiger partial charge in [0.05, 0.1) is 7.11 Å². The van der Waals surface area contributed by atoms with Crippen LogP contribution in [0.2, 0.25) is 0 Å². The van der Waals surface area contributed by atoms with E-state index in [4.69, 9.17) is 0 Å². The Morgan fingerprint density at radius 1 is 1.23 bits per heavy atom. The van der Waals surface area contributed by atoms with E-state index >= 15 is 0 Å². The molecule has 1 aliphatic carbocycles. The van der Waals surface area contributed by atoms with Crippen LogP contribution in [0.25, 0.3) is 0 Å². The Balaban J connectivity index is 1.76. The maximum absolute atomic E-state index is 12.0. The summed E-state index contributed by atoms with van der Waals surface area (Å²) in [4.78, 5) is 22.9. The lowest BCUT2D eigenvalue weighted by atomic mass is 9.94. The molecule has 5 heteroatoms. The molecule has 0 unspecified atom stereocenters. The van der Waals surface area contributed by atoms with E-state index in [1.807, 2.05) is 6.07 Å². The third-order valence-electron chi connectivity index (χ3n) is 4.15. The van der Waals surface area contributed by atoms with Gasteiger partial charge in [0, 0.05) is 19.0 Å². The van der Waals surface area contributed by atoms with Crippen molar-refractivity contribution < 1.29 is 14.3 Å². The molecule has 1 aromatic carbocycles. The second kappa shape index (κ2) is 8.41. The summed E-state index contributed by atoms with van der Waals surface area (Å²) in [6, 6.07) is 10.6. The van der Waals surface area contributed by atoms with E-state index in [-0.39, 0.29) is 18.4 Å². The average Bonchev–Trinajstić information content (AvgIpc) is 2.95. The molecular formula is C17H24N2O3. The highest BCUT2D eigenvalue weighted by molar-refractivity contribution is 5.77. The highest BCUT2D eigenvalue weighted by atomic mass is 16.5. The Hall–Kier alpha value is -2.04. The maximum Gasteiger partial charge on any atom is 0.406 e. The van der Waals surface area contributed by atoms with Crippen LogP contribution in [-0.4, -0.2) is 31.7 Å². The molecule has 22 heavy (non-hydrogen) atoms. The average molecular weight is 304 g/mol. The van der Waals surface area contributed by atoms with Crippen molar-refractivity contribution in [3.8, 4) is 0 Å². The first-order chi connectivity index (χ1) is 10.7. The van der Waals surface area contributed by atoms with Crippen LogP contribution >= 0.6 is 0 Å². The van der Waals surface area contributed by atoms with Crippen molar-refractivity contribution in [3.05, 3.63) is 35.9 Å². The molecule has 0 heterocycles. The maximum atomic E-state index is 12.0. The molecule has 0 aliphatic heterocycles. The van der Waals surface area contributed by atoms with Crippen LogP contribution in [0, 0.1) is 5.92 Å². The van der Waals surface area contributed by atoms with Gasteiger partial charge in [-0.3, -0.25) is 4.79 Å². The molecule has 2 atom stereocenters. The Morgan fingerprint density at radius 3 is 2.73 bits per heavy atom. The number of carbonyl (C=O) groups is 2. The fourth-order valence-corrected chi connectivity index (χ4v) is 3.02. The summed E-state index contributed by atoms with van der Waals surface area (Å²) in [5.41, 5.74) is 1.32. The van der Waals surface area contributed by atoms with Gasteiger partial charge in [0.15, 0.2) is 0 Å². The van der Waals surface area contributed by atoms with Crippen LogP contribution in [0.4, 0.5) is 4.79 Å². The third kappa shape index (κ3) is 5.06. The van der Waals surface area contributed by atoms with Crippen molar-refractivity contribution in [2.24, 2.45) is 5.92 Å². The van der Waals surface area contributed by atoms with E-state index < -0.39 is 6.09 Å². The Kier molecular flexibility index (Phi) is 6.25. The van der Waals surface area contributed by atoms with Crippen LogP contribution in [-0.2, 0) is 16.0 Å². The van der Waals surface area contributed by atoms with Crippen LogP contribution < -0.4 is 10.6 Å². The van der Waals surface area contributed by atoms with Crippen molar-refractivity contribution in [3.63, 3.8) is 0 Å². The van der Waals surface area contributed by atoms with Gasteiger partial charge < -0.3 is 15.4 Å². The van der Waals surface area contributed by atoms with Crippen molar-refractivity contribution in [1.82, 2.24) is 10.6 Å². The van der Waals surface area contributed by atoms with Gasteiger partial charge in [0.2, 0.25) is 5.91 Å². The van der Waals surface area contributed by atoms with Crippen LogP contribution in [0.3, 0.4) is 0 Å². The zero-order valence-corrected chi connectivity index (χ0v) is 13.0. The predicted molar refractivity (Wildman–Crippen MR) is 84.4 cm³/mol. The number of benzene rings is 1. The first kappa shape index (κ1) is 16.3. The molecule has 0 bridgehead atoms. The predicted octanol–water partition coefficient (Wildman–Crippen LogP) is 2.26. The zero-order chi connectivity index (χ0) is 15.8. The lowest BCUT2D eigenvalue weighted by molar-refractivity contribution is -0.121. The highest BCUT2D eigenvalue weighted by Crippen LogP contribution is 2.28. The molecule has 120 valence electrons. The Bertz CT molecular complexity index is 490. The Labute approximate surface area is 131 Å². The van der Waals surface area contributed by atoms with Crippen LogP contribution in [0.1, 0.15) is 31.2 Å². The molecule has 0 spiro atoms. The normalized spacial score (nSPS) is 20.4. The molecule has 5 nitrogen and oxygen atoms in total. The Morgan fingerprint density at radius 2 is 2.00 bits per heavy atom. The molecule has 2 N–H and O–H groups in total. The first-order valence-corrected chi connectivity index (χ1v) is 7.84. The van der Waals surface area contributed by atoms with E-state index in [2.05, 4.69) is 39.6 Å². The summed E-state index contributed by atoms with van der Waals surface area (Å²) < 4.78 is 4.47. The standard InChI is InChI=1S/C17H24N2O3/c1-22-17(21)18-11-10-16(20)19-15-9-5-8-14(15)12-13-6-3-2-4-7-13/h2-4,6-7,14-15H,5,8-12H2,1H3,(H,18,21)(H,19,20)/t14-,15+/m1/s1. The second-order valence-corrected chi connectivity index (χ2v) is 5.72. The van der Waals surface area contributed by atoms with E-state index in [1.54, 1.807) is 0 Å². The topological polar surface area (TPSA) is 67.4 Å². The molecule has 2 rings (SSSR count). The largest absolute Gasteiger partial charge is 0.453 e. The molecule has 0 radical (unpaired) electrons. The minimum Gasteiger partial charge on any atom is -0.453 e. The van der Waals surface area contributed by atoms with Crippen LogP contribution in [0.15, 0.2) is 30.3 Å². The number of methoxy groups -OCH3 is 1. The van der Waals surface area contributed by atoms with E-state index in [0.717, 1.165) is 25.7 Å². The van der Waals surface area contributed by atoms with Gasteiger partial charge in [-0.05, 0) is 30.7 Å². The van der Waals surface area contributed by atoms with Gasteiger partial charge in [-0.2, -0.15) is 0 Å². The summed E-state index contributed by atoms with van der Waals surface area (Å²) in [6.07, 6.45) is 4.13. The van der Waals surface area contributed by atoms with Gasteiger partial charge in [-0.15, -0.1) is 0 Å². The second-order valence-electron chi connectivity index (χ2n) is 5.72. The summed E-state index contributed by atoms with van der Waals surface area (Å²) in [7, 11) is 1.31. The highest BCUT2D eigenvalue weighted by Gasteiger charge is 2.28. The molecule has 1 aromatic rings. The number of alkyl carbamates (subject to hydrolysis) is 1.